The Labute approximate surface area is 107 Å². The van der Waals surface area contributed by atoms with E-state index in [-0.39, 0.29) is 11.0 Å². The Hall–Kier alpha value is -1.58. The molecule has 0 aliphatic rings. The zero-order chi connectivity index (χ0) is 13.8. The first kappa shape index (κ1) is 14.5. The average Bonchev–Trinajstić information content (AvgIpc) is 2.36. The fourth-order valence-electron chi connectivity index (χ4n) is 1.35. The molecular formula is C14H20FNO2. The molecule has 0 aliphatic carbocycles. The smallest absolute Gasteiger partial charge is 0.254 e. The van der Waals surface area contributed by atoms with Gasteiger partial charge in [-0.25, -0.2) is 4.39 Å². The van der Waals surface area contributed by atoms with Gasteiger partial charge in [0, 0.05) is 12.6 Å². The van der Waals surface area contributed by atoms with E-state index in [1.165, 1.54) is 19.2 Å². The zero-order valence-electron chi connectivity index (χ0n) is 11.3. The van der Waals surface area contributed by atoms with E-state index in [4.69, 9.17) is 4.74 Å². The predicted molar refractivity (Wildman–Crippen MR) is 69.4 cm³/mol. The molecule has 0 aliphatic heterocycles. The van der Waals surface area contributed by atoms with Crippen LogP contribution in [0.25, 0.3) is 0 Å². The van der Waals surface area contributed by atoms with Gasteiger partial charge in [0.25, 0.3) is 5.91 Å². The third kappa shape index (κ3) is 3.72. The molecule has 0 radical (unpaired) electrons. The van der Waals surface area contributed by atoms with Crippen molar-refractivity contribution in [3.05, 3.63) is 29.6 Å². The Kier molecular flexibility index (Phi) is 4.70. The number of carbonyl (C=O) groups excluding carboxylic acids is 1. The first-order valence-electron chi connectivity index (χ1n) is 6.01. The van der Waals surface area contributed by atoms with Crippen LogP contribution in [0.5, 0.6) is 5.75 Å². The van der Waals surface area contributed by atoms with Gasteiger partial charge in [-0.15, -0.1) is 0 Å². The fraction of sp³-hybridized carbons (Fsp3) is 0.500. The number of nitrogens with one attached hydrogen (secondary N) is 1. The number of hydrogen-bond acceptors (Lipinski definition) is 2. The molecule has 18 heavy (non-hydrogen) atoms. The maximum absolute atomic E-state index is 13.6. The van der Waals surface area contributed by atoms with E-state index in [0.717, 1.165) is 6.42 Å². The summed E-state index contributed by atoms with van der Waals surface area (Å²) in [6.45, 7) is 6.68. The van der Waals surface area contributed by atoms with Crippen LogP contribution in [0.2, 0.25) is 0 Å². The van der Waals surface area contributed by atoms with Crippen molar-refractivity contribution in [3.8, 4) is 5.75 Å². The molecule has 3 nitrogen and oxygen atoms in total. The number of hydrogen-bond donors (Lipinski definition) is 1. The van der Waals surface area contributed by atoms with Crippen molar-refractivity contribution in [1.29, 1.82) is 0 Å². The number of methoxy groups -OCH3 is 1. The summed E-state index contributed by atoms with van der Waals surface area (Å²) in [5, 5.41) is 2.75. The van der Waals surface area contributed by atoms with Gasteiger partial charge >= 0.3 is 0 Å². The fourth-order valence-corrected chi connectivity index (χ4v) is 1.35. The molecule has 0 saturated carbocycles. The van der Waals surface area contributed by atoms with Gasteiger partial charge in [-0.1, -0.05) is 20.8 Å². The molecule has 0 atom stereocenters. The minimum absolute atomic E-state index is 0.0125. The molecule has 0 saturated heterocycles. The van der Waals surface area contributed by atoms with E-state index < -0.39 is 11.7 Å². The maximum Gasteiger partial charge on any atom is 0.254 e. The highest BCUT2D eigenvalue weighted by Gasteiger charge is 2.18. The number of benzene rings is 1. The standard InChI is InChI=1S/C14H20FNO2/c1-5-14(2,3)9-16-13(17)11-7-6-10(18-4)8-12(11)15/h6-8H,5,9H2,1-4H3,(H,16,17). The Morgan fingerprint density at radius 3 is 2.61 bits per heavy atom. The molecule has 0 fully saturated rings. The lowest BCUT2D eigenvalue weighted by Gasteiger charge is -2.22. The molecule has 1 N–H and O–H groups in total. The number of halogens is 1. The zero-order valence-corrected chi connectivity index (χ0v) is 11.3. The summed E-state index contributed by atoms with van der Waals surface area (Å²) >= 11 is 0. The topological polar surface area (TPSA) is 38.3 Å². The highest BCUT2D eigenvalue weighted by Crippen LogP contribution is 2.19. The Balaban J connectivity index is 2.73. The Morgan fingerprint density at radius 1 is 1.44 bits per heavy atom. The largest absolute Gasteiger partial charge is 0.497 e. The SMILES string of the molecule is CCC(C)(C)CNC(=O)c1ccc(OC)cc1F. The highest BCUT2D eigenvalue weighted by molar-refractivity contribution is 5.94. The Bertz CT molecular complexity index is 430. The van der Waals surface area contributed by atoms with Crippen LogP contribution in [0.4, 0.5) is 4.39 Å². The van der Waals surface area contributed by atoms with Crippen LogP contribution < -0.4 is 10.1 Å². The number of carbonyl (C=O) groups is 1. The molecule has 1 rings (SSSR count). The molecule has 0 heterocycles. The van der Waals surface area contributed by atoms with Crippen molar-refractivity contribution >= 4 is 5.91 Å². The number of amides is 1. The van der Waals surface area contributed by atoms with E-state index in [1.54, 1.807) is 6.07 Å². The summed E-state index contributed by atoms with van der Waals surface area (Å²) in [5.41, 5.74) is 0.0567. The molecule has 0 unspecified atom stereocenters. The van der Waals surface area contributed by atoms with Crippen molar-refractivity contribution in [2.45, 2.75) is 27.2 Å². The van der Waals surface area contributed by atoms with Crippen LogP contribution in [-0.4, -0.2) is 19.6 Å². The quantitative estimate of drug-likeness (QED) is 0.876. The van der Waals surface area contributed by atoms with Crippen molar-refractivity contribution < 1.29 is 13.9 Å². The van der Waals surface area contributed by atoms with Gasteiger partial charge in [0.1, 0.15) is 11.6 Å². The van der Waals surface area contributed by atoms with E-state index in [0.29, 0.717) is 12.3 Å². The van der Waals surface area contributed by atoms with E-state index >= 15 is 0 Å². The first-order valence-corrected chi connectivity index (χ1v) is 6.01. The van der Waals surface area contributed by atoms with Crippen molar-refractivity contribution in [1.82, 2.24) is 5.32 Å². The van der Waals surface area contributed by atoms with Gasteiger partial charge in [-0.05, 0) is 24.0 Å². The predicted octanol–water partition coefficient (Wildman–Crippen LogP) is 3.00. The number of rotatable bonds is 5. The van der Waals surface area contributed by atoms with Crippen molar-refractivity contribution in [3.63, 3.8) is 0 Å². The molecule has 100 valence electrons. The summed E-state index contributed by atoms with van der Waals surface area (Å²) < 4.78 is 18.5. The monoisotopic (exact) mass is 253 g/mol. The average molecular weight is 253 g/mol. The van der Waals surface area contributed by atoms with Crippen LogP contribution >= 0.6 is 0 Å². The Morgan fingerprint density at radius 2 is 2.11 bits per heavy atom. The van der Waals surface area contributed by atoms with Crippen LogP contribution in [0.15, 0.2) is 18.2 Å². The maximum atomic E-state index is 13.6. The van der Waals surface area contributed by atoms with Crippen molar-refractivity contribution in [2.24, 2.45) is 5.41 Å². The van der Waals surface area contributed by atoms with Crippen LogP contribution in [0.1, 0.15) is 37.6 Å². The highest BCUT2D eigenvalue weighted by atomic mass is 19.1. The molecule has 0 spiro atoms. The van der Waals surface area contributed by atoms with Gasteiger partial charge in [0.2, 0.25) is 0 Å². The minimum Gasteiger partial charge on any atom is -0.497 e. The van der Waals surface area contributed by atoms with Gasteiger partial charge in [0.15, 0.2) is 0 Å². The van der Waals surface area contributed by atoms with E-state index in [1.807, 2.05) is 0 Å². The summed E-state index contributed by atoms with van der Waals surface area (Å²) in [7, 11) is 1.46. The molecule has 4 heteroatoms. The third-order valence-electron chi connectivity index (χ3n) is 3.11. The molecular weight excluding hydrogens is 233 g/mol. The van der Waals surface area contributed by atoms with Crippen LogP contribution in [0.3, 0.4) is 0 Å². The summed E-state index contributed by atoms with van der Waals surface area (Å²) in [5.74, 6) is -0.559. The summed E-state index contributed by atoms with van der Waals surface area (Å²) in [6.07, 6.45) is 0.943. The summed E-state index contributed by atoms with van der Waals surface area (Å²) in [4.78, 5) is 11.8. The first-order chi connectivity index (χ1) is 8.39. The molecule has 1 aromatic carbocycles. The lowest BCUT2D eigenvalue weighted by molar-refractivity contribution is 0.0931. The second kappa shape index (κ2) is 5.85. The second-order valence-corrected chi connectivity index (χ2v) is 5.05. The molecule has 0 aromatic heterocycles. The minimum atomic E-state index is -0.568. The molecule has 1 aromatic rings. The second-order valence-electron chi connectivity index (χ2n) is 5.05. The van der Waals surface area contributed by atoms with Gasteiger partial charge in [-0.3, -0.25) is 4.79 Å². The van der Waals surface area contributed by atoms with Gasteiger partial charge < -0.3 is 10.1 Å². The van der Waals surface area contributed by atoms with Crippen molar-refractivity contribution in [2.75, 3.05) is 13.7 Å². The normalized spacial score (nSPS) is 11.2. The summed E-state index contributed by atoms with van der Waals surface area (Å²) in [6, 6.07) is 4.21. The van der Waals surface area contributed by atoms with Gasteiger partial charge in [0.05, 0.1) is 12.7 Å². The molecule has 0 bridgehead atoms. The van der Waals surface area contributed by atoms with Crippen LogP contribution in [-0.2, 0) is 0 Å². The van der Waals surface area contributed by atoms with Gasteiger partial charge in [-0.2, -0.15) is 0 Å². The number of ether oxygens (including phenoxy) is 1. The lowest BCUT2D eigenvalue weighted by atomic mass is 9.90. The molecule has 1 amide bonds. The van der Waals surface area contributed by atoms with E-state index in [9.17, 15) is 9.18 Å². The van der Waals surface area contributed by atoms with Crippen LogP contribution in [0, 0.1) is 11.2 Å². The van der Waals surface area contributed by atoms with E-state index in [2.05, 4.69) is 26.1 Å². The lowest BCUT2D eigenvalue weighted by Crippen LogP contribution is -2.34. The third-order valence-corrected chi connectivity index (χ3v) is 3.11.